The summed E-state index contributed by atoms with van der Waals surface area (Å²) in [6, 6.07) is 13.7. The fraction of sp³-hybridized carbons (Fsp3) is 0.300. The van der Waals surface area contributed by atoms with E-state index in [1.807, 2.05) is 19.9 Å². The summed E-state index contributed by atoms with van der Waals surface area (Å²) in [5.74, 6) is -0.175. The van der Waals surface area contributed by atoms with Gasteiger partial charge in [0.1, 0.15) is 18.1 Å². The summed E-state index contributed by atoms with van der Waals surface area (Å²) in [6.07, 6.45) is -0.147. The van der Waals surface area contributed by atoms with Crippen LogP contribution in [0.3, 0.4) is 0 Å². The fourth-order valence-corrected chi connectivity index (χ4v) is 2.39. The van der Waals surface area contributed by atoms with Crippen LogP contribution in [-0.4, -0.2) is 24.6 Å². The summed E-state index contributed by atoms with van der Waals surface area (Å²) >= 11 is 5.94. The number of ether oxygens (including phenoxy) is 3. The molecule has 0 heterocycles. The second-order valence-corrected chi connectivity index (χ2v) is 6.12. The molecule has 26 heavy (non-hydrogen) atoms. The smallest absolute Gasteiger partial charge is 0.356 e. The largest absolute Gasteiger partial charge is 0.475 e. The van der Waals surface area contributed by atoms with Gasteiger partial charge in [0.15, 0.2) is 0 Å². The highest BCUT2D eigenvalue weighted by atomic mass is 35.5. The Morgan fingerprint density at radius 3 is 2.50 bits per heavy atom. The number of benzene rings is 2. The minimum Gasteiger partial charge on any atom is -0.475 e. The molecule has 0 fully saturated rings. The average molecular weight is 377 g/mol. The third kappa shape index (κ3) is 6.08. The van der Waals surface area contributed by atoms with Crippen LogP contribution in [0.1, 0.15) is 25.3 Å². The van der Waals surface area contributed by atoms with E-state index in [2.05, 4.69) is 0 Å². The van der Waals surface area contributed by atoms with Crippen molar-refractivity contribution < 1.29 is 23.8 Å². The van der Waals surface area contributed by atoms with E-state index < -0.39 is 12.1 Å². The molecule has 6 heteroatoms. The van der Waals surface area contributed by atoms with E-state index in [4.69, 9.17) is 25.8 Å². The molecule has 0 aromatic heterocycles. The maximum atomic E-state index is 12.5. The molecule has 0 saturated carbocycles. The lowest BCUT2D eigenvalue weighted by Crippen LogP contribution is -2.36. The molecular formula is C20H21ClO5. The van der Waals surface area contributed by atoms with E-state index in [-0.39, 0.29) is 19.0 Å². The van der Waals surface area contributed by atoms with Crippen molar-refractivity contribution in [1.29, 1.82) is 0 Å². The van der Waals surface area contributed by atoms with Crippen LogP contribution in [0.15, 0.2) is 48.5 Å². The molecule has 5 nitrogen and oxygen atoms in total. The average Bonchev–Trinajstić information content (AvgIpc) is 2.61. The predicted octanol–water partition coefficient (Wildman–Crippen LogP) is 4.34. The van der Waals surface area contributed by atoms with Crippen LogP contribution in [-0.2, 0) is 14.3 Å². The molecule has 138 valence electrons. The Morgan fingerprint density at radius 1 is 1.12 bits per heavy atom. The third-order valence-electron chi connectivity index (χ3n) is 3.48. The van der Waals surface area contributed by atoms with Gasteiger partial charge in [-0.25, -0.2) is 4.79 Å². The van der Waals surface area contributed by atoms with Crippen LogP contribution in [0.5, 0.6) is 11.5 Å². The summed E-state index contributed by atoms with van der Waals surface area (Å²) in [4.78, 5) is 24.1. The van der Waals surface area contributed by atoms with E-state index in [9.17, 15) is 9.59 Å². The van der Waals surface area contributed by atoms with Crippen LogP contribution in [0.2, 0.25) is 5.02 Å². The van der Waals surface area contributed by atoms with Crippen LogP contribution in [0, 0.1) is 6.92 Å². The SMILES string of the molecule is CCCC(=O)OC[C@H](Oc1ccc(Cl)cc1C)C(=O)Oc1ccccc1. The maximum Gasteiger partial charge on any atom is 0.356 e. The normalized spacial score (nSPS) is 11.5. The van der Waals surface area contributed by atoms with Gasteiger partial charge in [-0.15, -0.1) is 0 Å². The van der Waals surface area contributed by atoms with Crippen molar-refractivity contribution in [3.63, 3.8) is 0 Å². The molecular weight excluding hydrogens is 356 g/mol. The molecule has 2 aromatic carbocycles. The van der Waals surface area contributed by atoms with Crippen molar-refractivity contribution in [2.45, 2.75) is 32.8 Å². The minimum atomic E-state index is -1.09. The van der Waals surface area contributed by atoms with Crippen LogP contribution < -0.4 is 9.47 Å². The topological polar surface area (TPSA) is 61.8 Å². The van der Waals surface area contributed by atoms with Crippen molar-refractivity contribution >= 4 is 23.5 Å². The molecule has 0 unspecified atom stereocenters. The predicted molar refractivity (Wildman–Crippen MR) is 98.5 cm³/mol. The first-order valence-corrected chi connectivity index (χ1v) is 8.72. The molecule has 0 aliphatic carbocycles. The van der Waals surface area contributed by atoms with Gasteiger partial charge >= 0.3 is 11.9 Å². The van der Waals surface area contributed by atoms with Crippen molar-refractivity contribution in [3.05, 3.63) is 59.1 Å². The van der Waals surface area contributed by atoms with Gasteiger partial charge in [-0.1, -0.05) is 36.7 Å². The highest BCUT2D eigenvalue weighted by Gasteiger charge is 2.25. The van der Waals surface area contributed by atoms with Crippen molar-refractivity contribution in [2.24, 2.45) is 0 Å². The quantitative estimate of drug-likeness (QED) is 0.506. The molecule has 0 radical (unpaired) electrons. The molecule has 0 N–H and O–H groups in total. The van der Waals surface area contributed by atoms with E-state index in [0.29, 0.717) is 22.9 Å². The zero-order valence-electron chi connectivity index (χ0n) is 14.7. The molecule has 0 saturated heterocycles. The second-order valence-electron chi connectivity index (χ2n) is 5.68. The number of aryl methyl sites for hydroxylation is 1. The Labute approximate surface area is 157 Å². The monoisotopic (exact) mass is 376 g/mol. The van der Waals surface area contributed by atoms with Gasteiger partial charge in [-0.3, -0.25) is 4.79 Å². The summed E-state index contributed by atoms with van der Waals surface area (Å²) in [7, 11) is 0. The Kier molecular flexibility index (Phi) is 7.48. The molecule has 0 aliphatic heterocycles. The molecule has 1 atom stereocenters. The number of halogens is 1. The number of carbonyl (C=O) groups is 2. The highest BCUT2D eigenvalue weighted by molar-refractivity contribution is 6.30. The lowest BCUT2D eigenvalue weighted by molar-refractivity contribution is -0.153. The van der Waals surface area contributed by atoms with Crippen LogP contribution in [0.25, 0.3) is 0 Å². The van der Waals surface area contributed by atoms with Crippen molar-refractivity contribution in [3.8, 4) is 11.5 Å². The van der Waals surface area contributed by atoms with Crippen LogP contribution >= 0.6 is 11.6 Å². The minimum absolute atomic E-state index is 0.230. The number of esters is 2. The van der Waals surface area contributed by atoms with Gasteiger partial charge in [0.25, 0.3) is 0 Å². The number of rotatable bonds is 8. The Hall–Kier alpha value is -2.53. The van der Waals surface area contributed by atoms with E-state index in [1.165, 1.54) is 0 Å². The van der Waals surface area contributed by atoms with Gasteiger partial charge in [0.05, 0.1) is 0 Å². The van der Waals surface area contributed by atoms with Crippen molar-refractivity contribution in [2.75, 3.05) is 6.61 Å². The Balaban J connectivity index is 2.11. The molecule has 0 amide bonds. The van der Waals surface area contributed by atoms with Gasteiger partial charge in [-0.2, -0.15) is 0 Å². The summed E-state index contributed by atoms with van der Waals surface area (Å²) in [5, 5.41) is 0.563. The van der Waals surface area contributed by atoms with Crippen LogP contribution in [0.4, 0.5) is 0 Å². The van der Waals surface area contributed by atoms with Gasteiger partial charge in [-0.05, 0) is 49.2 Å². The standard InChI is InChI=1S/C20H21ClO5/c1-3-7-19(22)24-13-18(20(23)25-16-8-5-4-6-9-16)26-17-11-10-15(21)12-14(17)2/h4-6,8-12,18H,3,7,13H2,1-2H3/t18-/m0/s1. The van der Waals surface area contributed by atoms with Gasteiger partial charge < -0.3 is 14.2 Å². The highest BCUT2D eigenvalue weighted by Crippen LogP contribution is 2.23. The summed E-state index contributed by atoms with van der Waals surface area (Å²) in [5.41, 5.74) is 0.759. The first-order chi connectivity index (χ1) is 12.5. The summed E-state index contributed by atoms with van der Waals surface area (Å²) in [6.45, 7) is 3.45. The molecule has 2 aromatic rings. The summed E-state index contributed by atoms with van der Waals surface area (Å²) < 4.78 is 16.2. The van der Waals surface area contributed by atoms with Gasteiger partial charge in [0.2, 0.25) is 6.10 Å². The van der Waals surface area contributed by atoms with E-state index in [1.54, 1.807) is 42.5 Å². The second kappa shape index (κ2) is 9.82. The van der Waals surface area contributed by atoms with E-state index in [0.717, 1.165) is 5.56 Å². The first-order valence-electron chi connectivity index (χ1n) is 8.34. The van der Waals surface area contributed by atoms with E-state index >= 15 is 0 Å². The first kappa shape index (κ1) is 19.8. The number of para-hydroxylation sites is 1. The fourth-order valence-electron chi connectivity index (χ4n) is 2.16. The lowest BCUT2D eigenvalue weighted by Gasteiger charge is -2.19. The van der Waals surface area contributed by atoms with Gasteiger partial charge in [0, 0.05) is 11.4 Å². The zero-order valence-corrected chi connectivity index (χ0v) is 15.5. The molecule has 2 rings (SSSR count). The maximum absolute atomic E-state index is 12.5. The third-order valence-corrected chi connectivity index (χ3v) is 3.72. The number of hydrogen-bond acceptors (Lipinski definition) is 5. The molecule has 0 spiro atoms. The lowest BCUT2D eigenvalue weighted by atomic mass is 10.2. The molecule has 0 bridgehead atoms. The Bertz CT molecular complexity index is 745. The zero-order chi connectivity index (χ0) is 18.9. The molecule has 0 aliphatic rings. The Morgan fingerprint density at radius 2 is 1.85 bits per heavy atom. The number of carbonyl (C=O) groups excluding carboxylic acids is 2. The number of hydrogen-bond donors (Lipinski definition) is 0. The van der Waals surface area contributed by atoms with Crippen molar-refractivity contribution in [1.82, 2.24) is 0 Å².